The minimum absolute atomic E-state index is 0.0227. The first-order valence-corrected chi connectivity index (χ1v) is 8.60. The van der Waals surface area contributed by atoms with Crippen molar-refractivity contribution in [1.29, 1.82) is 0 Å². The molecule has 20 heavy (non-hydrogen) atoms. The lowest BCUT2D eigenvalue weighted by Crippen LogP contribution is -2.44. The summed E-state index contributed by atoms with van der Waals surface area (Å²) in [4.78, 5) is 2.62. The summed E-state index contributed by atoms with van der Waals surface area (Å²) >= 11 is 0. The molecule has 0 bridgehead atoms. The van der Waals surface area contributed by atoms with Gasteiger partial charge < -0.3 is 10.6 Å². The Bertz CT molecular complexity index is 537. The molecule has 1 saturated heterocycles. The number of hydrogen-bond donors (Lipinski definition) is 2. The fourth-order valence-electron chi connectivity index (χ4n) is 2.56. The molecule has 0 atom stereocenters. The van der Waals surface area contributed by atoms with Gasteiger partial charge in [0.2, 0.25) is 10.0 Å². The van der Waals surface area contributed by atoms with Gasteiger partial charge in [-0.2, -0.15) is 0 Å². The fourth-order valence-corrected chi connectivity index (χ4v) is 3.92. The third-order valence-electron chi connectivity index (χ3n) is 3.62. The zero-order valence-electron chi connectivity index (χ0n) is 11.9. The zero-order valence-corrected chi connectivity index (χ0v) is 12.7. The molecule has 1 aliphatic rings. The quantitative estimate of drug-likeness (QED) is 0.806. The van der Waals surface area contributed by atoms with Gasteiger partial charge in [0.15, 0.2) is 0 Å². The van der Waals surface area contributed by atoms with Crippen molar-refractivity contribution >= 4 is 15.7 Å². The van der Waals surface area contributed by atoms with E-state index < -0.39 is 10.0 Å². The van der Waals surface area contributed by atoms with Crippen LogP contribution < -0.4 is 10.5 Å². The predicted molar refractivity (Wildman–Crippen MR) is 80.9 cm³/mol. The van der Waals surface area contributed by atoms with Crippen LogP contribution in [0, 0.1) is 0 Å². The van der Waals surface area contributed by atoms with Gasteiger partial charge in [-0.1, -0.05) is 13.0 Å². The van der Waals surface area contributed by atoms with Gasteiger partial charge in [0.05, 0.1) is 4.90 Å². The summed E-state index contributed by atoms with van der Waals surface area (Å²) in [6.07, 6.45) is 2.86. The smallest absolute Gasteiger partial charge is 0.240 e. The molecule has 1 aromatic rings. The van der Waals surface area contributed by atoms with Crippen LogP contribution in [-0.4, -0.2) is 39.0 Å². The lowest BCUT2D eigenvalue weighted by molar-refractivity contribution is 0.208. The Morgan fingerprint density at radius 2 is 2.05 bits per heavy atom. The summed E-state index contributed by atoms with van der Waals surface area (Å²) < 4.78 is 27.4. The standard InChI is InChI=1S/C14H23N3O2S/c1-2-8-17-9-6-13(7-10-17)16-20(18,19)14-5-3-4-12(15)11-14/h3-5,11,13,16H,2,6-10,15H2,1H3. The van der Waals surface area contributed by atoms with E-state index >= 15 is 0 Å². The number of likely N-dealkylation sites (tertiary alicyclic amines) is 1. The molecule has 0 aliphatic carbocycles. The number of rotatable bonds is 5. The second kappa shape index (κ2) is 6.56. The van der Waals surface area contributed by atoms with Crippen molar-refractivity contribution in [2.75, 3.05) is 25.4 Å². The van der Waals surface area contributed by atoms with Crippen LogP contribution in [0.5, 0.6) is 0 Å². The first-order valence-electron chi connectivity index (χ1n) is 7.11. The van der Waals surface area contributed by atoms with Gasteiger partial charge in [-0.05, 0) is 57.1 Å². The molecule has 2 rings (SSSR count). The van der Waals surface area contributed by atoms with E-state index in [2.05, 4.69) is 16.5 Å². The van der Waals surface area contributed by atoms with Crippen LogP contribution in [0.1, 0.15) is 26.2 Å². The van der Waals surface area contributed by atoms with Crippen molar-refractivity contribution in [3.8, 4) is 0 Å². The van der Waals surface area contributed by atoms with Gasteiger partial charge in [0.1, 0.15) is 0 Å². The number of anilines is 1. The molecule has 0 saturated carbocycles. The van der Waals surface area contributed by atoms with E-state index in [1.807, 2.05) is 0 Å². The van der Waals surface area contributed by atoms with E-state index in [1.165, 1.54) is 6.07 Å². The monoisotopic (exact) mass is 297 g/mol. The van der Waals surface area contributed by atoms with E-state index in [0.717, 1.165) is 38.9 Å². The Hall–Kier alpha value is -1.11. The third kappa shape index (κ3) is 3.94. The summed E-state index contributed by atoms with van der Waals surface area (Å²) in [7, 11) is -3.46. The van der Waals surface area contributed by atoms with Crippen LogP contribution in [0.3, 0.4) is 0 Å². The van der Waals surface area contributed by atoms with E-state index in [9.17, 15) is 8.42 Å². The summed E-state index contributed by atoms with van der Waals surface area (Å²) in [5.74, 6) is 0. The van der Waals surface area contributed by atoms with Crippen LogP contribution in [0.15, 0.2) is 29.2 Å². The van der Waals surface area contributed by atoms with Gasteiger partial charge >= 0.3 is 0 Å². The van der Waals surface area contributed by atoms with Gasteiger partial charge in [-0.15, -0.1) is 0 Å². The van der Waals surface area contributed by atoms with E-state index in [1.54, 1.807) is 18.2 Å². The molecule has 1 aromatic carbocycles. The van der Waals surface area contributed by atoms with Crippen LogP contribution in [0.25, 0.3) is 0 Å². The number of piperidine rings is 1. The highest BCUT2D eigenvalue weighted by atomic mass is 32.2. The minimum atomic E-state index is -3.46. The third-order valence-corrected chi connectivity index (χ3v) is 5.14. The number of nitrogens with zero attached hydrogens (tertiary/aromatic N) is 1. The highest BCUT2D eigenvalue weighted by Gasteiger charge is 2.24. The van der Waals surface area contributed by atoms with Crippen molar-refractivity contribution in [1.82, 2.24) is 9.62 Å². The average Bonchev–Trinajstić information content (AvgIpc) is 2.41. The molecule has 1 aliphatic heterocycles. The maximum absolute atomic E-state index is 12.3. The lowest BCUT2D eigenvalue weighted by Gasteiger charge is -2.31. The van der Waals surface area contributed by atoms with Crippen molar-refractivity contribution in [2.45, 2.75) is 37.1 Å². The molecule has 3 N–H and O–H groups in total. The largest absolute Gasteiger partial charge is 0.399 e. The molecular formula is C14H23N3O2S. The van der Waals surface area contributed by atoms with Crippen LogP contribution in [-0.2, 0) is 10.0 Å². The number of sulfonamides is 1. The number of nitrogens with two attached hydrogens (primary N) is 1. The maximum atomic E-state index is 12.3. The van der Waals surface area contributed by atoms with Gasteiger partial charge in [0.25, 0.3) is 0 Å². The normalized spacial score (nSPS) is 18.2. The summed E-state index contributed by atoms with van der Waals surface area (Å²) in [6.45, 7) is 5.17. The average molecular weight is 297 g/mol. The number of nitrogens with one attached hydrogen (secondary N) is 1. The molecule has 0 unspecified atom stereocenters. The lowest BCUT2D eigenvalue weighted by atomic mass is 10.1. The van der Waals surface area contributed by atoms with Crippen LogP contribution in [0.2, 0.25) is 0 Å². The predicted octanol–water partition coefficient (Wildman–Crippen LogP) is 1.42. The van der Waals surface area contributed by atoms with Crippen molar-refractivity contribution in [2.24, 2.45) is 0 Å². The van der Waals surface area contributed by atoms with Gasteiger partial charge in [0, 0.05) is 11.7 Å². The van der Waals surface area contributed by atoms with Gasteiger partial charge in [-0.3, -0.25) is 0 Å². The first-order chi connectivity index (χ1) is 9.51. The van der Waals surface area contributed by atoms with Crippen LogP contribution in [0.4, 0.5) is 5.69 Å². The number of benzene rings is 1. The molecule has 1 fully saturated rings. The number of hydrogen-bond acceptors (Lipinski definition) is 4. The highest BCUT2D eigenvalue weighted by Crippen LogP contribution is 2.16. The molecule has 6 heteroatoms. The van der Waals surface area contributed by atoms with Crippen LogP contribution >= 0.6 is 0 Å². The molecule has 0 amide bonds. The summed E-state index contributed by atoms with van der Waals surface area (Å²) in [5.41, 5.74) is 6.10. The molecule has 0 aromatic heterocycles. The van der Waals surface area contributed by atoms with E-state index in [-0.39, 0.29) is 10.9 Å². The summed E-state index contributed by atoms with van der Waals surface area (Å²) in [5, 5.41) is 0. The van der Waals surface area contributed by atoms with E-state index in [0.29, 0.717) is 5.69 Å². The fraction of sp³-hybridized carbons (Fsp3) is 0.571. The Morgan fingerprint density at radius 3 is 2.65 bits per heavy atom. The maximum Gasteiger partial charge on any atom is 0.240 e. The molecular weight excluding hydrogens is 274 g/mol. The van der Waals surface area contributed by atoms with Gasteiger partial charge in [-0.25, -0.2) is 13.1 Å². The van der Waals surface area contributed by atoms with Crippen molar-refractivity contribution < 1.29 is 8.42 Å². The zero-order chi connectivity index (χ0) is 14.6. The molecule has 0 radical (unpaired) electrons. The molecule has 112 valence electrons. The topological polar surface area (TPSA) is 75.4 Å². The molecule has 5 nitrogen and oxygen atoms in total. The molecule has 0 spiro atoms. The Kier molecular flexibility index (Phi) is 5.01. The Balaban J connectivity index is 1.96. The molecule has 1 heterocycles. The highest BCUT2D eigenvalue weighted by molar-refractivity contribution is 7.89. The number of nitrogen functional groups attached to an aromatic ring is 1. The second-order valence-corrected chi connectivity index (χ2v) is 7.02. The Labute approximate surface area is 121 Å². The van der Waals surface area contributed by atoms with Crippen molar-refractivity contribution in [3.05, 3.63) is 24.3 Å². The SMILES string of the molecule is CCCN1CCC(NS(=O)(=O)c2cccc(N)c2)CC1. The van der Waals surface area contributed by atoms with Crippen molar-refractivity contribution in [3.63, 3.8) is 0 Å². The Morgan fingerprint density at radius 1 is 1.35 bits per heavy atom. The first kappa shape index (κ1) is 15.3. The second-order valence-electron chi connectivity index (χ2n) is 5.31. The van der Waals surface area contributed by atoms with E-state index in [4.69, 9.17) is 5.73 Å². The summed E-state index contributed by atoms with van der Waals surface area (Å²) in [6, 6.07) is 6.43. The minimum Gasteiger partial charge on any atom is -0.399 e.